The van der Waals surface area contributed by atoms with Gasteiger partial charge in [-0.1, -0.05) is 25.2 Å². The van der Waals surface area contributed by atoms with Gasteiger partial charge in [-0.3, -0.25) is 0 Å². The third-order valence-corrected chi connectivity index (χ3v) is 2.65. The van der Waals surface area contributed by atoms with Gasteiger partial charge in [-0.25, -0.2) is 0 Å². The average Bonchev–Trinajstić information content (AvgIpc) is 2.06. The van der Waals surface area contributed by atoms with Crippen LogP contribution in [0.4, 0.5) is 0 Å². The van der Waals surface area contributed by atoms with Crippen LogP contribution in [0.3, 0.4) is 0 Å². The molecule has 0 saturated carbocycles. The molecule has 0 aromatic rings. The Morgan fingerprint density at radius 2 is 2.50 bits per heavy atom. The summed E-state index contributed by atoms with van der Waals surface area (Å²) >= 11 is 0. The second kappa shape index (κ2) is 3.90. The summed E-state index contributed by atoms with van der Waals surface area (Å²) in [6.45, 7) is 5.83. The number of rotatable bonds is 3. The Labute approximate surface area is 74.8 Å². The Morgan fingerprint density at radius 3 is 2.92 bits per heavy atom. The molecule has 0 heterocycles. The molecular weight excluding hydrogens is 148 g/mol. The number of aliphatic hydroxyl groups is 1. The Kier molecular flexibility index (Phi) is 3.10. The minimum atomic E-state index is -0.590. The van der Waals surface area contributed by atoms with Gasteiger partial charge >= 0.3 is 0 Å². The zero-order chi connectivity index (χ0) is 9.03. The molecule has 1 nitrogen and oxygen atoms in total. The molecule has 1 N–H and O–H groups in total. The molecule has 1 aliphatic rings. The van der Waals surface area contributed by atoms with Crippen LogP contribution in [-0.4, -0.2) is 10.7 Å². The second-order valence-corrected chi connectivity index (χ2v) is 3.66. The monoisotopic (exact) mass is 166 g/mol. The lowest BCUT2D eigenvalue weighted by molar-refractivity contribution is 0.0715. The van der Waals surface area contributed by atoms with E-state index in [4.69, 9.17) is 0 Å². The van der Waals surface area contributed by atoms with Crippen LogP contribution >= 0.6 is 0 Å². The van der Waals surface area contributed by atoms with Crippen LogP contribution in [0.1, 0.15) is 32.6 Å². The third-order valence-electron chi connectivity index (χ3n) is 2.65. The lowest BCUT2D eigenvalue weighted by Gasteiger charge is -2.29. The summed E-state index contributed by atoms with van der Waals surface area (Å²) in [7, 11) is 0. The molecule has 0 aromatic carbocycles. The van der Waals surface area contributed by atoms with E-state index in [1.54, 1.807) is 6.08 Å². The average molecular weight is 166 g/mol. The molecule has 0 fully saturated rings. The quantitative estimate of drug-likeness (QED) is 0.639. The van der Waals surface area contributed by atoms with E-state index in [1.807, 2.05) is 6.08 Å². The summed E-state index contributed by atoms with van der Waals surface area (Å²) in [5.74, 6) is 0.676. The largest absolute Gasteiger partial charge is 0.385 e. The molecule has 2 atom stereocenters. The molecule has 0 aromatic heterocycles. The second-order valence-electron chi connectivity index (χ2n) is 3.66. The van der Waals surface area contributed by atoms with Crippen LogP contribution < -0.4 is 0 Å². The standard InChI is InChI=1S/C11H18O/c1-3-7-11(12)8-5-10(4-2)6-9-11/h3,5,8,10,12H,1,4,6-7,9H2,2H3. The van der Waals surface area contributed by atoms with Crippen LogP contribution in [-0.2, 0) is 0 Å². The molecule has 1 heteroatoms. The van der Waals surface area contributed by atoms with Gasteiger partial charge < -0.3 is 5.11 Å². The minimum Gasteiger partial charge on any atom is -0.385 e. The first kappa shape index (κ1) is 9.53. The molecule has 0 aliphatic heterocycles. The highest BCUT2D eigenvalue weighted by Gasteiger charge is 2.26. The predicted molar refractivity (Wildman–Crippen MR) is 51.9 cm³/mol. The maximum absolute atomic E-state index is 9.93. The predicted octanol–water partition coefficient (Wildman–Crippen LogP) is 2.67. The van der Waals surface area contributed by atoms with E-state index in [9.17, 15) is 5.11 Å². The van der Waals surface area contributed by atoms with E-state index in [0.717, 1.165) is 12.8 Å². The van der Waals surface area contributed by atoms with Crippen molar-refractivity contribution >= 4 is 0 Å². The molecule has 1 rings (SSSR count). The summed E-state index contributed by atoms with van der Waals surface area (Å²) in [6.07, 6.45) is 9.74. The van der Waals surface area contributed by atoms with E-state index in [0.29, 0.717) is 12.3 Å². The van der Waals surface area contributed by atoms with Gasteiger partial charge in [0.1, 0.15) is 0 Å². The Hall–Kier alpha value is -0.560. The normalized spacial score (nSPS) is 35.0. The molecule has 2 unspecified atom stereocenters. The van der Waals surface area contributed by atoms with E-state index in [1.165, 1.54) is 6.42 Å². The minimum absolute atomic E-state index is 0.590. The first-order chi connectivity index (χ1) is 5.70. The van der Waals surface area contributed by atoms with Gasteiger partial charge in [0.15, 0.2) is 0 Å². The molecule has 0 saturated heterocycles. The molecule has 1 aliphatic carbocycles. The van der Waals surface area contributed by atoms with Crippen molar-refractivity contribution in [3.05, 3.63) is 24.8 Å². The van der Waals surface area contributed by atoms with Gasteiger partial charge in [-0.2, -0.15) is 0 Å². The SMILES string of the molecule is C=CCC1(O)C=CC(CC)CC1. The zero-order valence-corrected chi connectivity index (χ0v) is 7.79. The van der Waals surface area contributed by atoms with Crippen molar-refractivity contribution in [3.8, 4) is 0 Å². The van der Waals surface area contributed by atoms with Crippen LogP contribution in [0.15, 0.2) is 24.8 Å². The smallest absolute Gasteiger partial charge is 0.0862 e. The zero-order valence-electron chi connectivity index (χ0n) is 7.79. The van der Waals surface area contributed by atoms with Gasteiger partial charge in [0, 0.05) is 0 Å². The summed E-state index contributed by atoms with van der Waals surface area (Å²) in [4.78, 5) is 0. The van der Waals surface area contributed by atoms with Crippen molar-refractivity contribution in [2.24, 2.45) is 5.92 Å². The topological polar surface area (TPSA) is 20.2 Å². The van der Waals surface area contributed by atoms with E-state index >= 15 is 0 Å². The first-order valence-electron chi connectivity index (χ1n) is 4.73. The van der Waals surface area contributed by atoms with Crippen molar-refractivity contribution in [1.82, 2.24) is 0 Å². The van der Waals surface area contributed by atoms with Gasteiger partial charge in [0.05, 0.1) is 5.60 Å². The maximum Gasteiger partial charge on any atom is 0.0862 e. The highest BCUT2D eigenvalue weighted by atomic mass is 16.3. The molecular formula is C11H18O. The Bertz CT molecular complexity index is 183. The van der Waals surface area contributed by atoms with Gasteiger partial charge in [0.25, 0.3) is 0 Å². The van der Waals surface area contributed by atoms with Gasteiger partial charge in [-0.15, -0.1) is 6.58 Å². The number of allylic oxidation sites excluding steroid dienone is 1. The summed E-state index contributed by atoms with van der Waals surface area (Å²) in [6, 6.07) is 0. The molecule has 0 spiro atoms. The Morgan fingerprint density at radius 1 is 1.75 bits per heavy atom. The lowest BCUT2D eigenvalue weighted by atomic mass is 9.82. The third kappa shape index (κ3) is 2.21. The highest BCUT2D eigenvalue weighted by molar-refractivity contribution is 5.09. The van der Waals surface area contributed by atoms with Crippen LogP contribution in [0.25, 0.3) is 0 Å². The van der Waals surface area contributed by atoms with Gasteiger partial charge in [0.2, 0.25) is 0 Å². The molecule has 12 heavy (non-hydrogen) atoms. The fourth-order valence-electron chi connectivity index (χ4n) is 1.69. The van der Waals surface area contributed by atoms with Crippen molar-refractivity contribution in [2.75, 3.05) is 0 Å². The Balaban J connectivity index is 2.56. The number of hydrogen-bond donors (Lipinski definition) is 1. The first-order valence-corrected chi connectivity index (χ1v) is 4.73. The van der Waals surface area contributed by atoms with Crippen molar-refractivity contribution < 1.29 is 5.11 Å². The summed E-state index contributed by atoms with van der Waals surface area (Å²) < 4.78 is 0. The van der Waals surface area contributed by atoms with E-state index in [2.05, 4.69) is 19.6 Å². The van der Waals surface area contributed by atoms with Crippen LogP contribution in [0.5, 0.6) is 0 Å². The van der Waals surface area contributed by atoms with Crippen LogP contribution in [0.2, 0.25) is 0 Å². The van der Waals surface area contributed by atoms with Crippen LogP contribution in [0, 0.1) is 5.92 Å². The summed E-state index contributed by atoms with van der Waals surface area (Å²) in [5, 5.41) is 9.93. The molecule has 68 valence electrons. The fourth-order valence-corrected chi connectivity index (χ4v) is 1.69. The van der Waals surface area contributed by atoms with E-state index < -0.39 is 5.60 Å². The van der Waals surface area contributed by atoms with E-state index in [-0.39, 0.29) is 0 Å². The number of hydrogen-bond acceptors (Lipinski definition) is 1. The lowest BCUT2D eigenvalue weighted by Crippen LogP contribution is -2.28. The fraction of sp³-hybridized carbons (Fsp3) is 0.636. The molecule has 0 radical (unpaired) electrons. The maximum atomic E-state index is 9.93. The highest BCUT2D eigenvalue weighted by Crippen LogP contribution is 2.29. The van der Waals surface area contributed by atoms with Gasteiger partial charge in [-0.05, 0) is 31.6 Å². The summed E-state index contributed by atoms with van der Waals surface area (Å²) in [5.41, 5.74) is -0.590. The molecule has 0 amide bonds. The van der Waals surface area contributed by atoms with Crippen molar-refractivity contribution in [3.63, 3.8) is 0 Å². The van der Waals surface area contributed by atoms with Crippen molar-refractivity contribution in [2.45, 2.75) is 38.2 Å². The van der Waals surface area contributed by atoms with Crippen molar-refractivity contribution in [1.29, 1.82) is 0 Å². The molecule has 0 bridgehead atoms.